The Hall–Kier alpha value is -1.13. The van der Waals surface area contributed by atoms with Gasteiger partial charge < -0.3 is 4.74 Å². The van der Waals surface area contributed by atoms with Crippen LogP contribution in [0.3, 0.4) is 0 Å². The Morgan fingerprint density at radius 2 is 1.67 bits per heavy atom. The molecule has 2 nitrogen and oxygen atoms in total. The fourth-order valence-electron chi connectivity index (χ4n) is 1.48. The number of hydrogen-bond acceptors (Lipinski definition) is 2. The van der Waals surface area contributed by atoms with E-state index in [2.05, 4.69) is 31.9 Å². The molecule has 0 atom stereocenters. The van der Waals surface area contributed by atoms with Crippen LogP contribution in [0.2, 0.25) is 0 Å². The first kappa shape index (κ1) is 13.3. The van der Waals surface area contributed by atoms with E-state index in [1.54, 1.807) is 12.1 Å². The number of hydrogen-bond donors (Lipinski definition) is 0. The summed E-state index contributed by atoms with van der Waals surface area (Å²) in [6, 6.07) is 13.2. The van der Waals surface area contributed by atoms with Crippen molar-refractivity contribution in [2.75, 3.05) is 0 Å². The largest absolute Gasteiger partial charge is 0.488 e. The molecule has 0 heterocycles. The van der Waals surface area contributed by atoms with Gasteiger partial charge in [-0.2, -0.15) is 0 Å². The van der Waals surface area contributed by atoms with Crippen molar-refractivity contribution in [3.63, 3.8) is 0 Å². The summed E-state index contributed by atoms with van der Waals surface area (Å²) < 4.78 is 7.53. The molecule has 2 rings (SSSR count). The third kappa shape index (κ3) is 3.43. The third-order valence-corrected chi connectivity index (χ3v) is 3.43. The lowest BCUT2D eigenvalue weighted by molar-refractivity contribution is 0.111. The van der Waals surface area contributed by atoms with E-state index in [0.29, 0.717) is 17.9 Å². The van der Waals surface area contributed by atoms with E-state index in [4.69, 9.17) is 4.74 Å². The van der Waals surface area contributed by atoms with E-state index >= 15 is 0 Å². The summed E-state index contributed by atoms with van der Waals surface area (Å²) in [6.07, 6.45) is 0.793. The predicted molar refractivity (Wildman–Crippen MR) is 78.0 cm³/mol. The van der Waals surface area contributed by atoms with Gasteiger partial charge in [0.15, 0.2) is 6.29 Å². The van der Waals surface area contributed by atoms with Gasteiger partial charge >= 0.3 is 0 Å². The van der Waals surface area contributed by atoms with Crippen molar-refractivity contribution in [1.82, 2.24) is 0 Å². The number of halogens is 2. The molecule has 0 aliphatic carbocycles. The zero-order valence-electron chi connectivity index (χ0n) is 9.40. The van der Waals surface area contributed by atoms with Gasteiger partial charge in [0.25, 0.3) is 0 Å². The van der Waals surface area contributed by atoms with Crippen molar-refractivity contribution in [1.29, 1.82) is 0 Å². The van der Waals surface area contributed by atoms with Crippen LogP contribution in [-0.4, -0.2) is 6.29 Å². The molecule has 0 bridgehead atoms. The number of benzene rings is 2. The zero-order chi connectivity index (χ0) is 13.0. The Bertz CT molecular complexity index is 550. The van der Waals surface area contributed by atoms with Crippen LogP contribution in [0, 0.1) is 0 Å². The minimum Gasteiger partial charge on any atom is -0.488 e. The molecule has 0 spiro atoms. The van der Waals surface area contributed by atoms with Crippen LogP contribution >= 0.6 is 31.9 Å². The Morgan fingerprint density at radius 3 is 2.33 bits per heavy atom. The summed E-state index contributed by atoms with van der Waals surface area (Å²) in [7, 11) is 0. The molecular formula is C14H10Br2O2. The number of carbonyl (C=O) groups is 1. The zero-order valence-corrected chi connectivity index (χ0v) is 12.6. The highest BCUT2D eigenvalue weighted by Crippen LogP contribution is 2.22. The highest BCUT2D eigenvalue weighted by atomic mass is 79.9. The molecule has 0 fully saturated rings. The van der Waals surface area contributed by atoms with E-state index in [0.717, 1.165) is 20.8 Å². The van der Waals surface area contributed by atoms with Crippen LogP contribution < -0.4 is 4.74 Å². The van der Waals surface area contributed by atoms with E-state index in [-0.39, 0.29) is 0 Å². The maximum atomic E-state index is 10.9. The van der Waals surface area contributed by atoms with Gasteiger partial charge in [0.05, 0.1) is 5.56 Å². The van der Waals surface area contributed by atoms with Crippen LogP contribution in [0.5, 0.6) is 5.75 Å². The summed E-state index contributed by atoms with van der Waals surface area (Å²) in [5.74, 6) is 0.594. The fourth-order valence-corrected chi connectivity index (χ4v) is 2.13. The molecule has 0 N–H and O–H groups in total. The van der Waals surface area contributed by atoms with Crippen molar-refractivity contribution in [3.05, 3.63) is 62.5 Å². The Labute approximate surface area is 122 Å². The number of ether oxygens (including phenoxy) is 1. The molecule has 0 radical (unpaired) electrons. The Balaban J connectivity index is 2.10. The molecule has 0 aliphatic heterocycles. The summed E-state index contributed by atoms with van der Waals surface area (Å²) in [5, 5.41) is 0. The average molecular weight is 370 g/mol. The summed E-state index contributed by atoms with van der Waals surface area (Å²) in [5.41, 5.74) is 1.60. The van der Waals surface area contributed by atoms with Crippen molar-refractivity contribution < 1.29 is 9.53 Å². The third-order valence-electron chi connectivity index (χ3n) is 2.41. The molecule has 2 aromatic rings. The van der Waals surface area contributed by atoms with Crippen LogP contribution in [0.15, 0.2) is 51.4 Å². The van der Waals surface area contributed by atoms with Crippen molar-refractivity contribution in [2.45, 2.75) is 6.61 Å². The SMILES string of the molecule is O=Cc1cc(Br)ccc1OCc1ccc(Br)cc1. The normalized spacial score (nSPS) is 10.1. The Kier molecular flexibility index (Phi) is 4.55. The minimum atomic E-state index is 0.440. The van der Waals surface area contributed by atoms with Crippen LogP contribution in [-0.2, 0) is 6.61 Å². The topological polar surface area (TPSA) is 26.3 Å². The van der Waals surface area contributed by atoms with E-state index in [1.165, 1.54) is 0 Å². The molecule has 0 aromatic heterocycles. The predicted octanol–water partition coefficient (Wildman–Crippen LogP) is 4.60. The van der Waals surface area contributed by atoms with Gasteiger partial charge in [-0.3, -0.25) is 4.79 Å². The van der Waals surface area contributed by atoms with Crippen LogP contribution in [0.1, 0.15) is 15.9 Å². The highest BCUT2D eigenvalue weighted by molar-refractivity contribution is 9.10. The maximum Gasteiger partial charge on any atom is 0.153 e. The molecule has 0 amide bonds. The summed E-state index contributed by atoms with van der Waals surface area (Å²) in [4.78, 5) is 10.9. The molecular weight excluding hydrogens is 360 g/mol. The molecule has 92 valence electrons. The number of carbonyl (C=O) groups excluding carboxylic acids is 1. The summed E-state index contributed by atoms with van der Waals surface area (Å²) >= 11 is 6.70. The van der Waals surface area contributed by atoms with Gasteiger partial charge in [0.2, 0.25) is 0 Å². The molecule has 4 heteroatoms. The van der Waals surface area contributed by atoms with Crippen molar-refractivity contribution in [3.8, 4) is 5.75 Å². The second-order valence-corrected chi connectivity index (χ2v) is 5.55. The molecule has 0 saturated heterocycles. The second kappa shape index (κ2) is 6.16. The highest BCUT2D eigenvalue weighted by Gasteiger charge is 2.04. The van der Waals surface area contributed by atoms with E-state index in [1.807, 2.05) is 30.3 Å². The standard InChI is InChI=1S/C14H10Br2O2/c15-12-3-1-10(2-4-12)9-18-14-6-5-13(16)7-11(14)8-17/h1-8H,9H2. The van der Waals surface area contributed by atoms with Crippen molar-refractivity contribution in [2.24, 2.45) is 0 Å². The van der Waals surface area contributed by atoms with Gasteiger partial charge in [0.1, 0.15) is 12.4 Å². The smallest absolute Gasteiger partial charge is 0.153 e. The maximum absolute atomic E-state index is 10.9. The molecule has 0 aliphatic rings. The molecule has 0 saturated carbocycles. The van der Waals surface area contributed by atoms with Gasteiger partial charge in [-0.15, -0.1) is 0 Å². The lowest BCUT2D eigenvalue weighted by Gasteiger charge is -2.08. The lowest BCUT2D eigenvalue weighted by atomic mass is 10.2. The van der Waals surface area contributed by atoms with E-state index in [9.17, 15) is 4.79 Å². The average Bonchev–Trinajstić information content (AvgIpc) is 2.39. The molecule has 0 unspecified atom stereocenters. The first-order valence-corrected chi connectivity index (χ1v) is 6.89. The monoisotopic (exact) mass is 368 g/mol. The quantitative estimate of drug-likeness (QED) is 0.736. The lowest BCUT2D eigenvalue weighted by Crippen LogP contribution is -1.98. The fraction of sp³-hybridized carbons (Fsp3) is 0.0714. The first-order valence-electron chi connectivity index (χ1n) is 5.31. The first-order chi connectivity index (χ1) is 8.69. The van der Waals surface area contributed by atoms with Gasteiger partial charge in [-0.05, 0) is 35.9 Å². The second-order valence-electron chi connectivity index (χ2n) is 3.72. The van der Waals surface area contributed by atoms with Crippen LogP contribution in [0.4, 0.5) is 0 Å². The van der Waals surface area contributed by atoms with Gasteiger partial charge in [-0.1, -0.05) is 44.0 Å². The number of rotatable bonds is 4. The van der Waals surface area contributed by atoms with Crippen LogP contribution in [0.25, 0.3) is 0 Å². The van der Waals surface area contributed by atoms with E-state index < -0.39 is 0 Å². The van der Waals surface area contributed by atoms with Gasteiger partial charge in [-0.25, -0.2) is 0 Å². The molecule has 2 aromatic carbocycles. The Morgan fingerprint density at radius 1 is 1.00 bits per heavy atom. The molecule has 18 heavy (non-hydrogen) atoms. The number of aldehydes is 1. The minimum absolute atomic E-state index is 0.440. The summed E-state index contributed by atoms with van der Waals surface area (Å²) in [6.45, 7) is 0.440. The van der Waals surface area contributed by atoms with Gasteiger partial charge in [0, 0.05) is 8.95 Å². The van der Waals surface area contributed by atoms with Crippen molar-refractivity contribution >= 4 is 38.1 Å².